The average molecular weight is 215 g/mol. The molecule has 0 aliphatic rings. The van der Waals surface area contributed by atoms with Crippen LogP contribution in [0.1, 0.15) is 32.3 Å². The molecule has 16 heavy (non-hydrogen) atoms. The van der Waals surface area contributed by atoms with Crippen molar-refractivity contribution in [3.05, 3.63) is 42.5 Å². The topological polar surface area (TPSA) is 33.0 Å². The lowest BCUT2D eigenvalue weighted by Gasteiger charge is -2.29. The third-order valence-corrected chi connectivity index (χ3v) is 2.87. The van der Waals surface area contributed by atoms with Gasteiger partial charge in [0.05, 0.1) is 11.6 Å². The van der Waals surface area contributed by atoms with E-state index in [0.717, 1.165) is 18.6 Å². The minimum atomic E-state index is -0.297. The van der Waals surface area contributed by atoms with Crippen LogP contribution in [0.5, 0.6) is 5.75 Å². The molecule has 0 heterocycles. The molecule has 0 atom stereocenters. The molecular formula is C14H17NO. The zero-order valence-electron chi connectivity index (χ0n) is 9.86. The van der Waals surface area contributed by atoms with Crippen LogP contribution in [0.15, 0.2) is 36.9 Å². The largest absolute Gasteiger partial charge is 0.483 e. The first-order valence-electron chi connectivity index (χ1n) is 5.52. The summed E-state index contributed by atoms with van der Waals surface area (Å²) in [5.41, 5.74) is 0.346. The summed E-state index contributed by atoms with van der Waals surface area (Å²) in [5, 5.41) is 8.69. The van der Waals surface area contributed by atoms with Gasteiger partial charge < -0.3 is 4.74 Å². The molecule has 0 bridgehead atoms. The molecule has 0 amide bonds. The normalized spacial score (nSPS) is 10.6. The Bertz CT molecular complexity index is 382. The number of ether oxygens (including phenoxy) is 1. The van der Waals surface area contributed by atoms with Crippen molar-refractivity contribution in [1.29, 1.82) is 5.26 Å². The summed E-state index contributed by atoms with van der Waals surface area (Å²) in [6.45, 7) is 7.98. The van der Waals surface area contributed by atoms with Crippen LogP contribution in [-0.4, -0.2) is 5.60 Å². The van der Waals surface area contributed by atoms with Gasteiger partial charge in [0.1, 0.15) is 11.4 Å². The maximum absolute atomic E-state index is 8.69. The van der Waals surface area contributed by atoms with Crippen molar-refractivity contribution in [3.8, 4) is 11.8 Å². The fourth-order valence-electron chi connectivity index (χ4n) is 1.56. The van der Waals surface area contributed by atoms with Crippen LogP contribution < -0.4 is 4.74 Å². The van der Waals surface area contributed by atoms with Gasteiger partial charge in [-0.2, -0.15) is 5.26 Å². The molecule has 1 rings (SSSR count). The van der Waals surface area contributed by atoms with Gasteiger partial charge in [-0.1, -0.05) is 20.4 Å². The Hall–Kier alpha value is -1.75. The van der Waals surface area contributed by atoms with Crippen LogP contribution in [0.4, 0.5) is 0 Å². The van der Waals surface area contributed by atoms with Gasteiger partial charge in [0.25, 0.3) is 0 Å². The fraction of sp³-hybridized carbons (Fsp3) is 0.357. The van der Waals surface area contributed by atoms with Crippen LogP contribution in [0.25, 0.3) is 0 Å². The van der Waals surface area contributed by atoms with Crippen molar-refractivity contribution in [1.82, 2.24) is 0 Å². The van der Waals surface area contributed by atoms with E-state index < -0.39 is 0 Å². The van der Waals surface area contributed by atoms with Crippen LogP contribution in [0, 0.1) is 11.3 Å². The van der Waals surface area contributed by atoms with E-state index in [9.17, 15) is 0 Å². The first-order chi connectivity index (χ1) is 7.69. The van der Waals surface area contributed by atoms with Crippen molar-refractivity contribution < 1.29 is 4.74 Å². The van der Waals surface area contributed by atoms with Crippen LogP contribution in [-0.2, 0) is 0 Å². The first-order valence-corrected chi connectivity index (χ1v) is 5.52. The maximum Gasteiger partial charge on any atom is 0.126 e. The minimum Gasteiger partial charge on any atom is -0.483 e. The van der Waals surface area contributed by atoms with E-state index in [1.807, 2.05) is 18.2 Å². The highest BCUT2D eigenvalue weighted by Gasteiger charge is 2.23. The monoisotopic (exact) mass is 215 g/mol. The quantitative estimate of drug-likeness (QED) is 0.702. The standard InChI is InChI=1S/C14H17NO/c1-4-14(5-2,6-3)16-13-9-7-12(11-15)8-10-13/h4,7-10H,1,5-6H2,2-3H3. The Morgan fingerprint density at radius 3 is 2.25 bits per heavy atom. The molecule has 2 heteroatoms. The van der Waals surface area contributed by atoms with E-state index in [1.54, 1.807) is 12.1 Å². The van der Waals surface area contributed by atoms with Gasteiger partial charge in [-0.15, -0.1) is 0 Å². The predicted octanol–water partition coefficient (Wildman–Crippen LogP) is 3.68. The summed E-state index contributed by atoms with van der Waals surface area (Å²) in [7, 11) is 0. The smallest absolute Gasteiger partial charge is 0.126 e. The molecule has 1 aromatic rings. The summed E-state index contributed by atoms with van der Waals surface area (Å²) in [5.74, 6) is 0.780. The number of benzene rings is 1. The highest BCUT2D eigenvalue weighted by Crippen LogP contribution is 2.25. The third kappa shape index (κ3) is 2.64. The van der Waals surface area contributed by atoms with Crippen LogP contribution in [0.2, 0.25) is 0 Å². The van der Waals surface area contributed by atoms with Crippen molar-refractivity contribution in [2.75, 3.05) is 0 Å². The second-order valence-corrected chi connectivity index (χ2v) is 3.71. The molecule has 0 aliphatic carbocycles. The molecule has 2 nitrogen and oxygen atoms in total. The molecule has 0 unspecified atom stereocenters. The predicted molar refractivity (Wildman–Crippen MR) is 65.3 cm³/mol. The van der Waals surface area contributed by atoms with E-state index >= 15 is 0 Å². The average Bonchev–Trinajstić information content (AvgIpc) is 2.37. The number of rotatable bonds is 5. The third-order valence-electron chi connectivity index (χ3n) is 2.87. The zero-order valence-corrected chi connectivity index (χ0v) is 9.86. The Labute approximate surface area is 97.2 Å². The Morgan fingerprint density at radius 2 is 1.88 bits per heavy atom. The van der Waals surface area contributed by atoms with Gasteiger partial charge in [-0.05, 0) is 43.2 Å². The molecule has 1 aromatic carbocycles. The highest BCUT2D eigenvalue weighted by molar-refractivity contribution is 5.35. The lowest BCUT2D eigenvalue weighted by atomic mass is 9.97. The van der Waals surface area contributed by atoms with Crippen LogP contribution in [0.3, 0.4) is 0 Å². The zero-order chi connectivity index (χ0) is 12.0. The number of nitrogens with zero attached hydrogens (tertiary/aromatic N) is 1. The van der Waals surface area contributed by atoms with Gasteiger partial charge in [-0.25, -0.2) is 0 Å². The van der Waals surface area contributed by atoms with Gasteiger partial charge in [0.15, 0.2) is 0 Å². The molecule has 0 aromatic heterocycles. The summed E-state index contributed by atoms with van der Waals surface area (Å²) in [6, 6.07) is 9.24. The Morgan fingerprint density at radius 1 is 1.31 bits per heavy atom. The molecule has 0 spiro atoms. The lowest BCUT2D eigenvalue weighted by Crippen LogP contribution is -2.31. The van der Waals surface area contributed by atoms with Crippen molar-refractivity contribution in [2.24, 2.45) is 0 Å². The molecule has 84 valence electrons. The van der Waals surface area contributed by atoms with E-state index in [-0.39, 0.29) is 5.60 Å². The van der Waals surface area contributed by atoms with Gasteiger partial charge in [-0.3, -0.25) is 0 Å². The number of hydrogen-bond acceptors (Lipinski definition) is 2. The second kappa shape index (κ2) is 5.37. The molecule has 0 radical (unpaired) electrons. The minimum absolute atomic E-state index is 0.297. The van der Waals surface area contributed by atoms with Crippen molar-refractivity contribution >= 4 is 0 Å². The van der Waals surface area contributed by atoms with Gasteiger partial charge in [0, 0.05) is 0 Å². The molecule has 0 saturated heterocycles. The Balaban J connectivity index is 2.86. The van der Waals surface area contributed by atoms with E-state index in [4.69, 9.17) is 10.00 Å². The van der Waals surface area contributed by atoms with Crippen LogP contribution >= 0.6 is 0 Å². The Kier molecular flexibility index (Phi) is 4.13. The van der Waals surface area contributed by atoms with Gasteiger partial charge >= 0.3 is 0 Å². The van der Waals surface area contributed by atoms with Crippen molar-refractivity contribution in [2.45, 2.75) is 32.3 Å². The molecule has 0 fully saturated rings. The fourth-order valence-corrected chi connectivity index (χ4v) is 1.56. The molecule has 0 aliphatic heterocycles. The summed E-state index contributed by atoms with van der Waals surface area (Å²) in [4.78, 5) is 0. The summed E-state index contributed by atoms with van der Waals surface area (Å²) < 4.78 is 5.92. The lowest BCUT2D eigenvalue weighted by molar-refractivity contribution is 0.111. The molecular weight excluding hydrogens is 198 g/mol. The molecule has 0 N–H and O–H groups in total. The van der Waals surface area contributed by atoms with E-state index in [2.05, 4.69) is 26.5 Å². The maximum atomic E-state index is 8.69. The van der Waals surface area contributed by atoms with Gasteiger partial charge in [0.2, 0.25) is 0 Å². The van der Waals surface area contributed by atoms with E-state index in [1.165, 1.54) is 0 Å². The highest BCUT2D eigenvalue weighted by atomic mass is 16.5. The second-order valence-electron chi connectivity index (χ2n) is 3.71. The molecule has 0 saturated carbocycles. The summed E-state index contributed by atoms with van der Waals surface area (Å²) >= 11 is 0. The summed E-state index contributed by atoms with van der Waals surface area (Å²) in [6.07, 6.45) is 3.62. The van der Waals surface area contributed by atoms with E-state index in [0.29, 0.717) is 5.56 Å². The van der Waals surface area contributed by atoms with Crippen molar-refractivity contribution in [3.63, 3.8) is 0 Å². The SMILES string of the molecule is C=CC(CC)(CC)Oc1ccc(C#N)cc1. The first kappa shape index (κ1) is 12.3. The number of hydrogen-bond donors (Lipinski definition) is 0. The number of nitriles is 1.